The highest BCUT2D eigenvalue weighted by atomic mass is 35.5. The molecular formula is C20H14ClFN2O5S2. The molecule has 2 aromatic rings. The summed E-state index contributed by atoms with van der Waals surface area (Å²) in [5.41, 5.74) is 0.599. The number of amides is 2. The highest BCUT2D eigenvalue weighted by Gasteiger charge is 2.33. The molecule has 7 nitrogen and oxygen atoms in total. The number of rotatable bonds is 7. The van der Waals surface area contributed by atoms with E-state index in [0.717, 1.165) is 16.7 Å². The average Bonchev–Trinajstić information content (AvgIpc) is 2.96. The molecular weight excluding hydrogens is 467 g/mol. The van der Waals surface area contributed by atoms with Gasteiger partial charge >= 0.3 is 5.97 Å². The van der Waals surface area contributed by atoms with Gasteiger partial charge in [0.2, 0.25) is 0 Å². The van der Waals surface area contributed by atoms with E-state index in [-0.39, 0.29) is 32.3 Å². The molecule has 0 saturated carbocycles. The summed E-state index contributed by atoms with van der Waals surface area (Å²) in [6.07, 6.45) is 1.53. The first kappa shape index (κ1) is 22.7. The first-order valence-electron chi connectivity index (χ1n) is 8.68. The number of ether oxygens (including phenoxy) is 1. The lowest BCUT2D eigenvalue weighted by atomic mass is 10.2. The van der Waals surface area contributed by atoms with Gasteiger partial charge in [0.05, 0.1) is 15.6 Å². The van der Waals surface area contributed by atoms with Crippen LogP contribution >= 0.6 is 35.6 Å². The van der Waals surface area contributed by atoms with Gasteiger partial charge in [0, 0.05) is 0 Å². The molecule has 1 saturated heterocycles. The predicted octanol–water partition coefficient (Wildman–Crippen LogP) is 3.78. The minimum atomic E-state index is -1.17. The topological polar surface area (TPSA) is 95.9 Å². The minimum Gasteiger partial charge on any atom is -0.482 e. The maximum atomic E-state index is 13.6. The quantitative estimate of drug-likeness (QED) is 0.460. The standard InChI is InChI=1S/C20H14ClFN2O5S2/c21-12-7-11(8-16-19(28)24(9-18(26)27)20(30)31-16)5-6-15(12)29-10-17(25)23-14-4-2-1-3-13(14)22/h1-8H,9-10H2,(H,23,25)(H,26,27). The van der Waals surface area contributed by atoms with Crippen LogP contribution in [-0.4, -0.2) is 45.3 Å². The molecule has 31 heavy (non-hydrogen) atoms. The van der Waals surface area contributed by atoms with Crippen LogP contribution in [0, 0.1) is 5.82 Å². The van der Waals surface area contributed by atoms with Crippen molar-refractivity contribution in [1.82, 2.24) is 4.90 Å². The zero-order valence-electron chi connectivity index (χ0n) is 15.6. The Morgan fingerprint density at radius 1 is 1.29 bits per heavy atom. The van der Waals surface area contributed by atoms with Gasteiger partial charge in [-0.3, -0.25) is 19.3 Å². The number of para-hydroxylation sites is 1. The molecule has 0 aliphatic carbocycles. The summed E-state index contributed by atoms with van der Waals surface area (Å²) in [5, 5.41) is 11.5. The predicted molar refractivity (Wildman–Crippen MR) is 119 cm³/mol. The van der Waals surface area contributed by atoms with Gasteiger partial charge in [0.1, 0.15) is 22.4 Å². The van der Waals surface area contributed by atoms with Crippen LogP contribution in [0.3, 0.4) is 0 Å². The lowest BCUT2D eigenvalue weighted by Crippen LogP contribution is -2.33. The van der Waals surface area contributed by atoms with Crippen LogP contribution in [-0.2, 0) is 14.4 Å². The second kappa shape index (κ2) is 9.90. The molecule has 1 fully saturated rings. The Kier molecular flexibility index (Phi) is 7.26. The van der Waals surface area contributed by atoms with Crippen LogP contribution in [0.2, 0.25) is 5.02 Å². The second-order valence-electron chi connectivity index (χ2n) is 6.17. The number of carbonyl (C=O) groups is 3. The van der Waals surface area contributed by atoms with Gasteiger partial charge in [0.15, 0.2) is 6.61 Å². The molecule has 11 heteroatoms. The van der Waals surface area contributed by atoms with E-state index < -0.39 is 30.1 Å². The fourth-order valence-corrected chi connectivity index (χ4v) is 4.04. The van der Waals surface area contributed by atoms with Gasteiger partial charge in [-0.1, -0.05) is 53.8 Å². The fourth-order valence-electron chi connectivity index (χ4n) is 2.54. The number of halogens is 2. The van der Waals surface area contributed by atoms with E-state index in [4.69, 9.17) is 33.7 Å². The SMILES string of the molecule is O=C(O)CN1C(=O)C(=Cc2ccc(OCC(=O)Nc3ccccc3F)c(Cl)c2)SC1=S. The van der Waals surface area contributed by atoms with Crippen molar-refractivity contribution in [2.45, 2.75) is 0 Å². The Hall–Kier alpha value is -2.95. The number of benzene rings is 2. The van der Waals surface area contributed by atoms with Crippen molar-refractivity contribution in [2.24, 2.45) is 0 Å². The van der Waals surface area contributed by atoms with Crippen LogP contribution in [0.15, 0.2) is 47.4 Å². The average molecular weight is 481 g/mol. The summed E-state index contributed by atoms with van der Waals surface area (Å²) in [6.45, 7) is -0.897. The van der Waals surface area contributed by atoms with Crippen molar-refractivity contribution in [3.63, 3.8) is 0 Å². The minimum absolute atomic E-state index is 0.0396. The largest absolute Gasteiger partial charge is 0.482 e. The van der Waals surface area contributed by atoms with Gasteiger partial charge in [0.25, 0.3) is 11.8 Å². The summed E-state index contributed by atoms with van der Waals surface area (Å²) >= 11 is 12.2. The molecule has 0 atom stereocenters. The second-order valence-corrected chi connectivity index (χ2v) is 8.25. The summed E-state index contributed by atoms with van der Waals surface area (Å²) in [7, 11) is 0. The van der Waals surface area contributed by atoms with Crippen molar-refractivity contribution in [2.75, 3.05) is 18.5 Å². The van der Waals surface area contributed by atoms with E-state index >= 15 is 0 Å². The third kappa shape index (κ3) is 5.81. The number of carboxylic acid groups (broad SMARTS) is 1. The van der Waals surface area contributed by atoms with Crippen molar-refractivity contribution in [1.29, 1.82) is 0 Å². The van der Waals surface area contributed by atoms with Crippen LogP contribution < -0.4 is 10.1 Å². The van der Waals surface area contributed by atoms with E-state index in [1.165, 1.54) is 36.4 Å². The third-order valence-electron chi connectivity index (χ3n) is 3.93. The third-order valence-corrected chi connectivity index (χ3v) is 5.60. The van der Waals surface area contributed by atoms with Crippen molar-refractivity contribution in [3.8, 4) is 5.75 Å². The van der Waals surface area contributed by atoms with E-state index in [1.54, 1.807) is 12.1 Å². The number of nitrogens with one attached hydrogen (secondary N) is 1. The van der Waals surface area contributed by atoms with Crippen molar-refractivity contribution >= 4 is 69.4 Å². The molecule has 0 unspecified atom stereocenters. The van der Waals surface area contributed by atoms with Crippen LogP contribution in [0.4, 0.5) is 10.1 Å². The molecule has 0 spiro atoms. The number of hydrogen-bond acceptors (Lipinski definition) is 6. The van der Waals surface area contributed by atoms with E-state index in [1.807, 2.05) is 0 Å². The summed E-state index contributed by atoms with van der Waals surface area (Å²) < 4.78 is 19.1. The molecule has 3 rings (SSSR count). The van der Waals surface area contributed by atoms with Gasteiger partial charge in [-0.05, 0) is 35.9 Å². The lowest BCUT2D eigenvalue weighted by Gasteiger charge is -2.10. The van der Waals surface area contributed by atoms with E-state index in [9.17, 15) is 18.8 Å². The number of anilines is 1. The molecule has 2 amide bonds. The van der Waals surface area contributed by atoms with Crippen molar-refractivity contribution in [3.05, 3.63) is 63.8 Å². The number of carbonyl (C=O) groups excluding carboxylic acids is 2. The molecule has 160 valence electrons. The number of aliphatic carboxylic acids is 1. The van der Waals surface area contributed by atoms with E-state index in [2.05, 4.69) is 5.32 Å². The molecule has 1 aliphatic heterocycles. The number of thiocarbonyl (C=S) groups is 1. The Morgan fingerprint density at radius 2 is 2.03 bits per heavy atom. The molecule has 2 aromatic carbocycles. The van der Waals surface area contributed by atoms with Gasteiger partial charge in [-0.15, -0.1) is 0 Å². The first-order valence-corrected chi connectivity index (χ1v) is 10.3. The maximum absolute atomic E-state index is 13.6. The highest BCUT2D eigenvalue weighted by molar-refractivity contribution is 8.26. The monoisotopic (exact) mass is 480 g/mol. The summed E-state index contributed by atoms with van der Waals surface area (Å²) in [5.74, 6) is -2.57. The number of carboxylic acids is 1. The molecule has 0 aromatic heterocycles. The van der Waals surface area contributed by atoms with Gasteiger partial charge < -0.3 is 15.2 Å². The lowest BCUT2D eigenvalue weighted by molar-refractivity contribution is -0.140. The fraction of sp³-hybridized carbons (Fsp3) is 0.100. The van der Waals surface area contributed by atoms with E-state index in [0.29, 0.717) is 5.56 Å². The maximum Gasteiger partial charge on any atom is 0.323 e. The summed E-state index contributed by atoms with van der Waals surface area (Å²) in [6, 6.07) is 10.4. The molecule has 1 aliphatic rings. The Balaban J connectivity index is 1.64. The molecule has 0 radical (unpaired) electrons. The normalized spacial score (nSPS) is 14.8. The van der Waals surface area contributed by atoms with Crippen LogP contribution in [0.25, 0.3) is 6.08 Å². The zero-order chi connectivity index (χ0) is 22.5. The Labute approximate surface area is 190 Å². The Bertz CT molecular complexity index is 1110. The molecule has 0 bridgehead atoms. The first-order chi connectivity index (χ1) is 14.7. The number of nitrogens with zero attached hydrogens (tertiary/aromatic N) is 1. The molecule has 1 heterocycles. The number of thioether (sulfide) groups is 1. The Morgan fingerprint density at radius 3 is 2.71 bits per heavy atom. The zero-order valence-corrected chi connectivity index (χ0v) is 18.0. The smallest absolute Gasteiger partial charge is 0.323 e. The molecule has 2 N–H and O–H groups in total. The van der Waals surface area contributed by atoms with Crippen LogP contribution in [0.5, 0.6) is 5.75 Å². The summed E-state index contributed by atoms with van der Waals surface area (Å²) in [4.78, 5) is 36.4. The van der Waals surface area contributed by atoms with Crippen LogP contribution in [0.1, 0.15) is 5.56 Å². The number of hydrogen-bond donors (Lipinski definition) is 2. The van der Waals surface area contributed by atoms with Gasteiger partial charge in [-0.25, -0.2) is 4.39 Å². The highest BCUT2D eigenvalue weighted by Crippen LogP contribution is 2.34. The van der Waals surface area contributed by atoms with Crippen molar-refractivity contribution < 1.29 is 28.6 Å². The van der Waals surface area contributed by atoms with Gasteiger partial charge in [-0.2, -0.15) is 0 Å².